The van der Waals surface area contributed by atoms with Crippen molar-refractivity contribution in [3.05, 3.63) is 29.6 Å². The molecule has 0 saturated carbocycles. The van der Waals surface area contributed by atoms with Crippen LogP contribution in [0.2, 0.25) is 0 Å². The van der Waals surface area contributed by atoms with Crippen molar-refractivity contribution in [2.24, 2.45) is 0 Å². The van der Waals surface area contributed by atoms with Crippen LogP contribution in [-0.4, -0.2) is 35.7 Å². The standard InChI is InChI=1S/C14H19N3O/c1-12-4-3-7-16-13(12)10-17-8-5-14(11-15,18-2)6-9-17/h3-4,7H,5-6,8-10H2,1-2H3. The maximum Gasteiger partial charge on any atom is 0.156 e. The van der Waals surface area contributed by atoms with Crippen molar-refractivity contribution in [2.75, 3.05) is 20.2 Å². The van der Waals surface area contributed by atoms with Gasteiger partial charge in [0.05, 0.1) is 11.8 Å². The lowest BCUT2D eigenvalue weighted by Crippen LogP contribution is -2.44. The molecule has 0 unspecified atom stereocenters. The third-order valence-electron chi connectivity index (χ3n) is 3.75. The fourth-order valence-corrected chi connectivity index (χ4v) is 2.33. The zero-order valence-corrected chi connectivity index (χ0v) is 11.0. The van der Waals surface area contributed by atoms with Crippen molar-refractivity contribution in [1.29, 1.82) is 5.26 Å². The molecule has 1 aliphatic heterocycles. The molecule has 0 aliphatic carbocycles. The molecule has 0 atom stereocenters. The van der Waals surface area contributed by atoms with Crippen LogP contribution in [0.1, 0.15) is 24.1 Å². The molecule has 0 amide bonds. The van der Waals surface area contributed by atoms with E-state index in [4.69, 9.17) is 10.00 Å². The molecule has 0 N–H and O–H groups in total. The van der Waals surface area contributed by atoms with Crippen LogP contribution in [0, 0.1) is 18.3 Å². The summed E-state index contributed by atoms with van der Waals surface area (Å²) in [5.41, 5.74) is 1.77. The average molecular weight is 245 g/mol. The van der Waals surface area contributed by atoms with Gasteiger partial charge in [-0.1, -0.05) is 6.07 Å². The zero-order valence-electron chi connectivity index (χ0n) is 11.0. The molecule has 0 bridgehead atoms. The Morgan fingerprint density at radius 2 is 2.22 bits per heavy atom. The van der Waals surface area contributed by atoms with E-state index in [1.54, 1.807) is 7.11 Å². The van der Waals surface area contributed by atoms with Crippen molar-refractivity contribution >= 4 is 0 Å². The number of nitriles is 1. The van der Waals surface area contributed by atoms with Gasteiger partial charge in [0.25, 0.3) is 0 Å². The molecule has 4 nitrogen and oxygen atoms in total. The molecule has 2 heterocycles. The molecule has 1 fully saturated rings. The lowest BCUT2D eigenvalue weighted by Gasteiger charge is -2.36. The van der Waals surface area contributed by atoms with Crippen LogP contribution in [0.4, 0.5) is 0 Å². The van der Waals surface area contributed by atoms with Crippen LogP contribution >= 0.6 is 0 Å². The fraction of sp³-hybridized carbons (Fsp3) is 0.571. The van der Waals surface area contributed by atoms with Crippen molar-refractivity contribution in [3.63, 3.8) is 0 Å². The van der Waals surface area contributed by atoms with Gasteiger partial charge < -0.3 is 4.74 Å². The van der Waals surface area contributed by atoms with Crippen LogP contribution in [0.15, 0.2) is 18.3 Å². The van der Waals surface area contributed by atoms with Crippen molar-refractivity contribution in [2.45, 2.75) is 31.9 Å². The molecule has 18 heavy (non-hydrogen) atoms. The van der Waals surface area contributed by atoms with E-state index < -0.39 is 5.60 Å². The molecular formula is C14H19N3O. The maximum atomic E-state index is 9.16. The number of hydrogen-bond acceptors (Lipinski definition) is 4. The molecule has 96 valence electrons. The Labute approximate surface area is 108 Å². The summed E-state index contributed by atoms with van der Waals surface area (Å²) < 4.78 is 5.35. The van der Waals surface area contributed by atoms with Gasteiger partial charge in [-0.25, -0.2) is 0 Å². The van der Waals surface area contributed by atoms with E-state index >= 15 is 0 Å². The number of ether oxygens (including phenoxy) is 1. The molecule has 2 rings (SSSR count). The van der Waals surface area contributed by atoms with Gasteiger partial charge in [0.1, 0.15) is 0 Å². The number of aromatic nitrogens is 1. The van der Waals surface area contributed by atoms with Crippen LogP contribution in [0.25, 0.3) is 0 Å². The fourth-order valence-electron chi connectivity index (χ4n) is 2.33. The van der Waals surface area contributed by atoms with E-state index in [0.717, 1.165) is 38.2 Å². The number of rotatable bonds is 3. The lowest BCUT2D eigenvalue weighted by atomic mass is 9.92. The summed E-state index contributed by atoms with van der Waals surface area (Å²) in [6, 6.07) is 6.34. The summed E-state index contributed by atoms with van der Waals surface area (Å²) in [5.74, 6) is 0. The van der Waals surface area contributed by atoms with E-state index in [1.165, 1.54) is 5.56 Å². The summed E-state index contributed by atoms with van der Waals surface area (Å²) in [5, 5.41) is 9.16. The highest BCUT2D eigenvalue weighted by atomic mass is 16.5. The Balaban J connectivity index is 1.96. The Hall–Kier alpha value is -1.44. The third-order valence-corrected chi connectivity index (χ3v) is 3.75. The topological polar surface area (TPSA) is 49.1 Å². The summed E-state index contributed by atoms with van der Waals surface area (Å²) in [7, 11) is 1.63. The van der Waals surface area contributed by atoms with Crippen LogP contribution in [-0.2, 0) is 11.3 Å². The van der Waals surface area contributed by atoms with E-state index in [0.29, 0.717) is 0 Å². The second-order valence-electron chi connectivity index (χ2n) is 4.85. The number of likely N-dealkylation sites (tertiary alicyclic amines) is 1. The van der Waals surface area contributed by atoms with Gasteiger partial charge in [-0.15, -0.1) is 0 Å². The minimum atomic E-state index is -0.574. The lowest BCUT2D eigenvalue weighted by molar-refractivity contribution is -0.0158. The molecular weight excluding hydrogens is 226 g/mol. The van der Waals surface area contributed by atoms with Crippen LogP contribution in [0.5, 0.6) is 0 Å². The number of pyridine rings is 1. The summed E-state index contributed by atoms with van der Waals surface area (Å²) in [4.78, 5) is 6.75. The van der Waals surface area contributed by atoms with Crippen LogP contribution < -0.4 is 0 Å². The minimum Gasteiger partial charge on any atom is -0.363 e. The van der Waals surface area contributed by atoms with Gasteiger partial charge >= 0.3 is 0 Å². The van der Waals surface area contributed by atoms with Gasteiger partial charge in [-0.05, 0) is 18.6 Å². The summed E-state index contributed by atoms with van der Waals surface area (Å²) >= 11 is 0. The first-order valence-electron chi connectivity index (χ1n) is 6.28. The Morgan fingerprint density at radius 3 is 2.78 bits per heavy atom. The first-order valence-corrected chi connectivity index (χ1v) is 6.28. The highest BCUT2D eigenvalue weighted by Gasteiger charge is 2.34. The Morgan fingerprint density at radius 1 is 1.50 bits per heavy atom. The molecule has 0 spiro atoms. The molecule has 1 aromatic heterocycles. The normalized spacial score (nSPS) is 19.4. The smallest absolute Gasteiger partial charge is 0.156 e. The quantitative estimate of drug-likeness (QED) is 0.816. The first-order chi connectivity index (χ1) is 8.69. The van der Waals surface area contributed by atoms with Gasteiger partial charge in [0, 0.05) is 45.8 Å². The van der Waals surface area contributed by atoms with E-state index in [-0.39, 0.29) is 0 Å². The predicted molar refractivity (Wildman–Crippen MR) is 68.8 cm³/mol. The van der Waals surface area contributed by atoms with Gasteiger partial charge in [-0.3, -0.25) is 9.88 Å². The summed E-state index contributed by atoms with van der Waals surface area (Å²) in [6.45, 7) is 4.72. The maximum absolute atomic E-state index is 9.16. The van der Waals surface area contributed by atoms with Crippen molar-refractivity contribution in [3.8, 4) is 6.07 Å². The Kier molecular flexibility index (Phi) is 3.95. The van der Waals surface area contributed by atoms with Gasteiger partial charge in [-0.2, -0.15) is 5.26 Å². The van der Waals surface area contributed by atoms with E-state index in [1.807, 2.05) is 12.3 Å². The second kappa shape index (κ2) is 5.47. The zero-order chi connectivity index (χ0) is 13.0. The minimum absolute atomic E-state index is 0.574. The third kappa shape index (κ3) is 2.69. The summed E-state index contributed by atoms with van der Waals surface area (Å²) in [6.07, 6.45) is 3.37. The second-order valence-corrected chi connectivity index (χ2v) is 4.85. The monoisotopic (exact) mass is 245 g/mol. The number of hydrogen-bond donors (Lipinski definition) is 0. The first kappa shape index (κ1) is 13.0. The van der Waals surface area contributed by atoms with E-state index in [9.17, 15) is 0 Å². The number of aryl methyl sites for hydroxylation is 1. The van der Waals surface area contributed by atoms with Gasteiger partial charge in [0.15, 0.2) is 5.60 Å². The number of piperidine rings is 1. The highest BCUT2D eigenvalue weighted by molar-refractivity contribution is 5.17. The molecule has 4 heteroatoms. The number of nitrogens with zero attached hydrogens (tertiary/aromatic N) is 3. The SMILES string of the molecule is COC1(C#N)CCN(Cc2ncccc2C)CC1. The largest absolute Gasteiger partial charge is 0.363 e. The van der Waals surface area contributed by atoms with Crippen molar-refractivity contribution in [1.82, 2.24) is 9.88 Å². The van der Waals surface area contributed by atoms with E-state index in [2.05, 4.69) is 28.9 Å². The van der Waals surface area contributed by atoms with Crippen molar-refractivity contribution < 1.29 is 4.74 Å². The van der Waals surface area contributed by atoms with Crippen LogP contribution in [0.3, 0.4) is 0 Å². The average Bonchev–Trinajstić information content (AvgIpc) is 2.43. The Bertz CT molecular complexity index is 445. The molecule has 0 aromatic carbocycles. The number of methoxy groups -OCH3 is 1. The molecule has 0 radical (unpaired) electrons. The van der Waals surface area contributed by atoms with Gasteiger partial charge in [0.2, 0.25) is 0 Å². The highest BCUT2D eigenvalue weighted by Crippen LogP contribution is 2.25. The molecule has 1 saturated heterocycles. The predicted octanol–water partition coefficient (Wildman–Crippen LogP) is 1.89. The molecule has 1 aromatic rings. The molecule has 1 aliphatic rings.